The summed E-state index contributed by atoms with van der Waals surface area (Å²) in [6, 6.07) is 2.69. The third-order valence-corrected chi connectivity index (χ3v) is 9.05. The molecule has 0 heterocycles. The Bertz CT molecular complexity index is 259. The highest BCUT2D eigenvalue weighted by atomic mass is 28.2. The molecule has 2 nitrogen and oxygen atoms in total. The van der Waals surface area contributed by atoms with E-state index >= 15 is 0 Å². The lowest BCUT2D eigenvalue weighted by atomic mass is 9.88. The monoisotopic (exact) mass is 416 g/mol. The van der Waals surface area contributed by atoms with E-state index in [-0.39, 0.29) is 30.7 Å². The molecule has 0 aliphatic carbocycles. The summed E-state index contributed by atoms with van der Waals surface area (Å²) < 4.78 is 13.3. The first-order valence-electron chi connectivity index (χ1n) is 12.3. The van der Waals surface area contributed by atoms with Gasteiger partial charge in [-0.1, -0.05) is 86.5 Å². The SMILES string of the molecule is CCCC(CCC)(CCC)O[SiH2]CCC[SiH2]OC(CCC)(CCC)CCC. The molecular formula is C23H52O2Si2. The molecule has 164 valence electrons. The van der Waals surface area contributed by atoms with E-state index in [2.05, 4.69) is 41.5 Å². The zero-order valence-corrected chi connectivity index (χ0v) is 22.7. The van der Waals surface area contributed by atoms with E-state index in [9.17, 15) is 0 Å². The molecule has 4 heteroatoms. The summed E-state index contributed by atoms with van der Waals surface area (Å²) in [5.74, 6) is 0. The Morgan fingerprint density at radius 3 is 0.963 bits per heavy atom. The topological polar surface area (TPSA) is 18.5 Å². The minimum Gasteiger partial charge on any atom is -0.419 e. The van der Waals surface area contributed by atoms with Crippen LogP contribution in [0.3, 0.4) is 0 Å². The van der Waals surface area contributed by atoms with Gasteiger partial charge in [-0.15, -0.1) is 0 Å². The molecule has 0 radical (unpaired) electrons. The molecule has 0 bridgehead atoms. The summed E-state index contributed by atoms with van der Waals surface area (Å²) >= 11 is 0. The van der Waals surface area contributed by atoms with E-state index in [1.54, 1.807) is 0 Å². The van der Waals surface area contributed by atoms with Crippen molar-refractivity contribution in [2.24, 2.45) is 0 Å². The fourth-order valence-electron chi connectivity index (χ4n) is 4.87. The molecule has 0 aromatic carbocycles. The molecule has 0 aliphatic heterocycles. The molecule has 0 atom stereocenters. The van der Waals surface area contributed by atoms with Gasteiger partial charge in [0.1, 0.15) is 0 Å². The molecule has 0 saturated heterocycles. The van der Waals surface area contributed by atoms with Crippen molar-refractivity contribution in [3.8, 4) is 0 Å². The maximum absolute atomic E-state index is 6.63. The average molecular weight is 417 g/mol. The van der Waals surface area contributed by atoms with Gasteiger partial charge in [0.15, 0.2) is 19.5 Å². The van der Waals surface area contributed by atoms with E-state index in [0.29, 0.717) is 0 Å². The van der Waals surface area contributed by atoms with E-state index in [1.165, 1.54) is 95.6 Å². The van der Waals surface area contributed by atoms with Gasteiger partial charge in [-0.25, -0.2) is 0 Å². The third kappa shape index (κ3) is 11.8. The molecule has 0 spiro atoms. The van der Waals surface area contributed by atoms with E-state index < -0.39 is 0 Å². The molecule has 0 aromatic heterocycles. The highest BCUT2D eigenvalue weighted by molar-refractivity contribution is 6.29. The van der Waals surface area contributed by atoms with Gasteiger partial charge in [0, 0.05) is 0 Å². The van der Waals surface area contributed by atoms with Crippen LogP contribution in [0.15, 0.2) is 0 Å². The highest BCUT2D eigenvalue weighted by Gasteiger charge is 2.28. The van der Waals surface area contributed by atoms with Crippen LogP contribution >= 0.6 is 0 Å². The zero-order valence-electron chi connectivity index (χ0n) is 19.8. The maximum Gasteiger partial charge on any atom is 0.162 e. The van der Waals surface area contributed by atoms with Crippen LogP contribution in [0.5, 0.6) is 0 Å². The summed E-state index contributed by atoms with van der Waals surface area (Å²) in [4.78, 5) is 0. The minimum atomic E-state index is -0.378. The molecule has 0 aromatic rings. The molecule has 0 rings (SSSR count). The van der Waals surface area contributed by atoms with Gasteiger partial charge in [-0.2, -0.15) is 0 Å². The lowest BCUT2D eigenvalue weighted by molar-refractivity contribution is 0.0415. The quantitative estimate of drug-likeness (QED) is 0.162. The molecule has 0 unspecified atom stereocenters. The molecular weight excluding hydrogens is 364 g/mol. The lowest BCUT2D eigenvalue weighted by Crippen LogP contribution is -2.34. The van der Waals surface area contributed by atoms with E-state index in [1.807, 2.05) is 0 Å². The second-order valence-electron chi connectivity index (χ2n) is 8.62. The Balaban J connectivity index is 4.24. The van der Waals surface area contributed by atoms with Crippen molar-refractivity contribution >= 4 is 19.5 Å². The summed E-state index contributed by atoms with van der Waals surface area (Å²) in [6.07, 6.45) is 16.4. The standard InChI is InChI=1S/C23H52O2Si2/c1-7-14-22(15-8-2,16-9-3)24-26-20-13-21-27-25-23(17-10-4,18-11-5)19-12-6/h7-21,26-27H2,1-6H3. The van der Waals surface area contributed by atoms with Crippen molar-refractivity contribution in [3.63, 3.8) is 0 Å². The van der Waals surface area contributed by atoms with Crippen LogP contribution in [0.1, 0.15) is 125 Å². The van der Waals surface area contributed by atoms with Gasteiger partial charge in [0.2, 0.25) is 0 Å². The van der Waals surface area contributed by atoms with Crippen LogP contribution in [0.4, 0.5) is 0 Å². The number of hydrogen-bond donors (Lipinski definition) is 0. The van der Waals surface area contributed by atoms with Crippen LogP contribution < -0.4 is 0 Å². The Morgan fingerprint density at radius 2 is 0.741 bits per heavy atom. The van der Waals surface area contributed by atoms with Gasteiger partial charge < -0.3 is 8.85 Å². The van der Waals surface area contributed by atoms with Crippen molar-refractivity contribution in [1.82, 2.24) is 0 Å². The van der Waals surface area contributed by atoms with Crippen molar-refractivity contribution in [2.45, 2.75) is 148 Å². The zero-order chi connectivity index (χ0) is 20.4. The summed E-state index contributed by atoms with van der Waals surface area (Å²) in [6.45, 7) is 13.9. The molecule has 27 heavy (non-hydrogen) atoms. The van der Waals surface area contributed by atoms with Gasteiger partial charge in [-0.3, -0.25) is 0 Å². The van der Waals surface area contributed by atoms with Gasteiger partial charge in [-0.05, 0) is 50.6 Å². The van der Waals surface area contributed by atoms with Gasteiger partial charge >= 0.3 is 0 Å². The summed E-state index contributed by atoms with van der Waals surface area (Å²) in [5.41, 5.74) is 0.438. The van der Waals surface area contributed by atoms with Gasteiger partial charge in [0.25, 0.3) is 0 Å². The first kappa shape index (κ1) is 27.4. The number of hydrogen-bond acceptors (Lipinski definition) is 2. The normalized spacial score (nSPS) is 13.6. The molecule has 0 amide bonds. The Labute approximate surface area is 176 Å². The third-order valence-electron chi connectivity index (χ3n) is 5.84. The second-order valence-corrected chi connectivity index (χ2v) is 11.4. The van der Waals surface area contributed by atoms with Crippen molar-refractivity contribution in [2.75, 3.05) is 0 Å². The highest BCUT2D eigenvalue weighted by Crippen LogP contribution is 2.31. The second kappa shape index (κ2) is 17.2. The molecule has 0 aliphatic rings. The smallest absolute Gasteiger partial charge is 0.162 e. The molecule has 0 fully saturated rings. The minimum absolute atomic E-state index is 0.219. The fourth-order valence-corrected chi connectivity index (χ4v) is 8.72. The largest absolute Gasteiger partial charge is 0.419 e. The number of rotatable bonds is 20. The predicted octanol–water partition coefficient (Wildman–Crippen LogP) is 6.69. The van der Waals surface area contributed by atoms with E-state index in [0.717, 1.165) is 0 Å². The summed E-state index contributed by atoms with van der Waals surface area (Å²) in [7, 11) is -0.756. The van der Waals surface area contributed by atoms with Crippen LogP contribution in [0.2, 0.25) is 12.1 Å². The van der Waals surface area contributed by atoms with Crippen LogP contribution in [0.25, 0.3) is 0 Å². The molecule has 0 saturated carbocycles. The van der Waals surface area contributed by atoms with E-state index in [4.69, 9.17) is 8.85 Å². The maximum atomic E-state index is 6.63. The Morgan fingerprint density at radius 1 is 0.481 bits per heavy atom. The van der Waals surface area contributed by atoms with Crippen molar-refractivity contribution in [3.05, 3.63) is 0 Å². The first-order valence-corrected chi connectivity index (χ1v) is 15.5. The average Bonchev–Trinajstić information content (AvgIpc) is 2.62. The van der Waals surface area contributed by atoms with Crippen LogP contribution in [0, 0.1) is 0 Å². The predicted molar refractivity (Wildman–Crippen MR) is 128 cm³/mol. The first-order chi connectivity index (χ1) is 13.1. The Kier molecular flexibility index (Phi) is 17.5. The van der Waals surface area contributed by atoms with Crippen LogP contribution in [-0.4, -0.2) is 30.7 Å². The van der Waals surface area contributed by atoms with Gasteiger partial charge in [0.05, 0.1) is 11.2 Å². The summed E-state index contributed by atoms with van der Waals surface area (Å²) in [5, 5.41) is 0. The Hall–Kier alpha value is 0.354. The van der Waals surface area contributed by atoms with Crippen molar-refractivity contribution < 1.29 is 8.85 Å². The van der Waals surface area contributed by atoms with Crippen LogP contribution in [-0.2, 0) is 8.85 Å². The van der Waals surface area contributed by atoms with Crippen molar-refractivity contribution in [1.29, 1.82) is 0 Å². The fraction of sp³-hybridized carbons (Fsp3) is 1.00. The molecule has 0 N–H and O–H groups in total. The lowest BCUT2D eigenvalue weighted by Gasteiger charge is -2.35.